The smallest absolute Gasteiger partial charge is 0.358 e. The van der Waals surface area contributed by atoms with Gasteiger partial charge in [-0.15, -0.1) is 0 Å². The standard InChI is InChI=1S/C31H34F3N7O2/c1-19-10-11-22(39-25(42)15-20-6-4-7-21(14-20)31(32,33)34)16-24(19)40-29-23(8-5-12-35-29)27-28-30(37-17-36-27)41(18-38-28)26-9-2-3-13-43-26/h5,8,10-12,16-18,20-21,26H,2-4,6-7,9,13-15H2,1H3,(H,35,40)(H,39,42). The van der Waals surface area contributed by atoms with Crippen LogP contribution >= 0.6 is 0 Å². The van der Waals surface area contributed by atoms with E-state index in [1.807, 2.05) is 29.7 Å². The van der Waals surface area contributed by atoms with Crippen molar-refractivity contribution in [2.75, 3.05) is 17.2 Å². The van der Waals surface area contributed by atoms with E-state index in [4.69, 9.17) is 4.74 Å². The zero-order valence-electron chi connectivity index (χ0n) is 23.9. The van der Waals surface area contributed by atoms with Crippen LogP contribution in [-0.4, -0.2) is 43.2 Å². The first-order chi connectivity index (χ1) is 20.8. The predicted octanol–water partition coefficient (Wildman–Crippen LogP) is 7.34. The Hall–Kier alpha value is -4.06. The van der Waals surface area contributed by atoms with Gasteiger partial charge in [0.15, 0.2) is 5.65 Å². The number of aromatic nitrogens is 5. The molecule has 2 fully saturated rings. The summed E-state index contributed by atoms with van der Waals surface area (Å²) in [6.07, 6.45) is 4.96. The van der Waals surface area contributed by atoms with E-state index in [0.29, 0.717) is 47.8 Å². The van der Waals surface area contributed by atoms with Crippen molar-refractivity contribution in [1.29, 1.82) is 0 Å². The van der Waals surface area contributed by atoms with Gasteiger partial charge >= 0.3 is 6.18 Å². The lowest BCUT2D eigenvalue weighted by Gasteiger charge is -2.30. The summed E-state index contributed by atoms with van der Waals surface area (Å²) in [7, 11) is 0. The number of benzene rings is 1. The fourth-order valence-electron chi connectivity index (χ4n) is 6.11. The molecule has 1 aliphatic heterocycles. The Balaban J connectivity index is 1.20. The Kier molecular flexibility index (Phi) is 8.29. The fourth-order valence-corrected chi connectivity index (χ4v) is 6.11. The number of halogens is 3. The van der Waals surface area contributed by atoms with Crippen LogP contribution in [0, 0.1) is 18.8 Å². The lowest BCUT2D eigenvalue weighted by atomic mass is 9.79. The van der Waals surface area contributed by atoms with Crippen LogP contribution in [0.4, 0.5) is 30.4 Å². The highest BCUT2D eigenvalue weighted by Gasteiger charge is 2.42. The van der Waals surface area contributed by atoms with Crippen molar-refractivity contribution in [3.8, 4) is 11.3 Å². The Bertz CT molecular complexity index is 1600. The number of imidazole rings is 1. The maximum Gasteiger partial charge on any atom is 0.391 e. The van der Waals surface area contributed by atoms with Gasteiger partial charge in [0.2, 0.25) is 5.91 Å². The quantitative estimate of drug-likeness (QED) is 0.231. The van der Waals surface area contributed by atoms with Crippen LogP contribution in [0.25, 0.3) is 22.4 Å². The molecule has 2 N–H and O–H groups in total. The maximum atomic E-state index is 13.2. The molecule has 12 heteroatoms. The van der Waals surface area contributed by atoms with E-state index < -0.39 is 12.1 Å². The minimum atomic E-state index is -4.21. The van der Waals surface area contributed by atoms with Gasteiger partial charge in [0.25, 0.3) is 0 Å². The number of anilines is 3. The van der Waals surface area contributed by atoms with Gasteiger partial charge in [0, 0.05) is 36.2 Å². The number of amides is 1. The van der Waals surface area contributed by atoms with Crippen LogP contribution in [-0.2, 0) is 9.53 Å². The molecule has 1 saturated carbocycles. The van der Waals surface area contributed by atoms with Crippen molar-refractivity contribution < 1.29 is 22.7 Å². The molecule has 2 aliphatic rings. The van der Waals surface area contributed by atoms with Gasteiger partial charge in [-0.2, -0.15) is 13.2 Å². The third-order valence-electron chi connectivity index (χ3n) is 8.38. The second kappa shape index (κ2) is 12.3. The molecule has 4 heterocycles. The van der Waals surface area contributed by atoms with E-state index in [1.54, 1.807) is 24.7 Å². The zero-order chi connectivity index (χ0) is 30.0. The molecule has 43 heavy (non-hydrogen) atoms. The molecule has 1 aliphatic carbocycles. The van der Waals surface area contributed by atoms with E-state index >= 15 is 0 Å². The molecule has 6 rings (SSSR count). The fraction of sp³-hybridized carbons (Fsp3) is 0.452. The number of rotatable bonds is 7. The number of hydrogen-bond donors (Lipinski definition) is 2. The Morgan fingerprint density at radius 3 is 2.77 bits per heavy atom. The van der Waals surface area contributed by atoms with Crippen LogP contribution in [0.5, 0.6) is 0 Å². The number of nitrogens with one attached hydrogen (secondary N) is 2. The maximum absolute atomic E-state index is 13.2. The number of ether oxygens (including phenoxy) is 1. The van der Waals surface area contributed by atoms with Gasteiger partial charge in [-0.25, -0.2) is 19.9 Å². The molecule has 3 unspecified atom stereocenters. The van der Waals surface area contributed by atoms with Crippen LogP contribution in [0.15, 0.2) is 49.2 Å². The highest BCUT2D eigenvalue weighted by molar-refractivity contribution is 5.93. The molecule has 1 amide bonds. The molecular weight excluding hydrogens is 559 g/mol. The second-order valence-corrected chi connectivity index (χ2v) is 11.4. The summed E-state index contributed by atoms with van der Waals surface area (Å²) in [4.78, 5) is 31.1. The summed E-state index contributed by atoms with van der Waals surface area (Å²) in [6, 6.07) is 9.19. The van der Waals surface area contributed by atoms with Crippen molar-refractivity contribution in [3.63, 3.8) is 0 Å². The summed E-state index contributed by atoms with van der Waals surface area (Å²) in [5, 5.41) is 6.26. The highest BCUT2D eigenvalue weighted by Crippen LogP contribution is 2.41. The van der Waals surface area contributed by atoms with Gasteiger partial charge in [-0.1, -0.05) is 12.5 Å². The molecule has 0 bridgehead atoms. The Labute approximate surface area is 247 Å². The lowest BCUT2D eigenvalue weighted by molar-refractivity contribution is -0.186. The first-order valence-electron chi connectivity index (χ1n) is 14.7. The summed E-state index contributed by atoms with van der Waals surface area (Å²) in [5.74, 6) is -1.34. The van der Waals surface area contributed by atoms with E-state index in [-0.39, 0.29) is 37.3 Å². The van der Waals surface area contributed by atoms with Crippen LogP contribution in [0.3, 0.4) is 0 Å². The van der Waals surface area contributed by atoms with Crippen LogP contribution in [0.2, 0.25) is 0 Å². The Morgan fingerprint density at radius 2 is 1.95 bits per heavy atom. The van der Waals surface area contributed by atoms with Gasteiger partial charge in [-0.3, -0.25) is 9.36 Å². The average molecular weight is 594 g/mol. The van der Waals surface area contributed by atoms with Crippen molar-refractivity contribution in [1.82, 2.24) is 24.5 Å². The molecule has 0 radical (unpaired) electrons. The van der Waals surface area contributed by atoms with E-state index in [9.17, 15) is 18.0 Å². The minimum Gasteiger partial charge on any atom is -0.358 e. The van der Waals surface area contributed by atoms with Crippen molar-refractivity contribution in [3.05, 3.63) is 54.7 Å². The lowest BCUT2D eigenvalue weighted by Crippen LogP contribution is -2.30. The number of alkyl halides is 3. The molecule has 1 aromatic carbocycles. The normalized spacial score (nSPS) is 21.1. The largest absolute Gasteiger partial charge is 0.391 e. The monoisotopic (exact) mass is 593 g/mol. The number of hydrogen-bond acceptors (Lipinski definition) is 7. The van der Waals surface area contributed by atoms with Crippen molar-refractivity contribution >= 4 is 34.3 Å². The molecule has 9 nitrogen and oxygen atoms in total. The molecule has 226 valence electrons. The third kappa shape index (κ3) is 6.48. The zero-order valence-corrected chi connectivity index (χ0v) is 23.9. The number of nitrogens with zero attached hydrogens (tertiary/aromatic N) is 5. The van der Waals surface area contributed by atoms with E-state index in [2.05, 4.69) is 30.6 Å². The predicted molar refractivity (Wildman–Crippen MR) is 157 cm³/mol. The Morgan fingerprint density at radius 1 is 1.07 bits per heavy atom. The molecule has 1 saturated heterocycles. The topological polar surface area (TPSA) is 107 Å². The number of fused-ring (bicyclic) bond motifs is 1. The van der Waals surface area contributed by atoms with Gasteiger partial charge in [-0.05, 0) is 81.2 Å². The van der Waals surface area contributed by atoms with Gasteiger partial charge < -0.3 is 15.4 Å². The highest BCUT2D eigenvalue weighted by atomic mass is 19.4. The molecular formula is C31H34F3N7O2. The van der Waals surface area contributed by atoms with E-state index in [1.165, 1.54) is 6.33 Å². The number of carbonyl (C=O) groups is 1. The van der Waals surface area contributed by atoms with Crippen LogP contribution in [0.1, 0.15) is 63.2 Å². The minimum absolute atomic E-state index is 0.00229. The average Bonchev–Trinajstić information content (AvgIpc) is 3.44. The first kappa shape index (κ1) is 29.0. The summed E-state index contributed by atoms with van der Waals surface area (Å²) in [6.45, 7) is 2.64. The molecule has 3 aromatic heterocycles. The number of aryl methyl sites for hydroxylation is 1. The SMILES string of the molecule is Cc1ccc(NC(=O)CC2CCCC(C(F)(F)F)C2)cc1Nc1ncccc1-c1ncnc2c1ncn2C1CCCCO1. The first-order valence-corrected chi connectivity index (χ1v) is 14.7. The number of carbonyl (C=O) groups excluding carboxylic acids is 1. The number of pyridine rings is 1. The van der Waals surface area contributed by atoms with Gasteiger partial charge in [0.05, 0.1) is 12.2 Å². The molecule has 4 aromatic rings. The molecule has 3 atom stereocenters. The third-order valence-corrected chi connectivity index (χ3v) is 8.38. The van der Waals surface area contributed by atoms with E-state index in [0.717, 1.165) is 36.1 Å². The second-order valence-electron chi connectivity index (χ2n) is 11.4. The summed E-state index contributed by atoms with van der Waals surface area (Å²) in [5.41, 5.74) is 4.87. The van der Waals surface area contributed by atoms with Crippen LogP contribution < -0.4 is 10.6 Å². The molecule has 0 spiro atoms. The van der Waals surface area contributed by atoms with Crippen molar-refractivity contribution in [2.45, 2.75) is 70.7 Å². The van der Waals surface area contributed by atoms with Gasteiger partial charge in [0.1, 0.15) is 29.6 Å². The summed E-state index contributed by atoms with van der Waals surface area (Å²) >= 11 is 0. The summed E-state index contributed by atoms with van der Waals surface area (Å²) < 4.78 is 47.6. The van der Waals surface area contributed by atoms with Crippen molar-refractivity contribution in [2.24, 2.45) is 11.8 Å².